The van der Waals surface area contributed by atoms with Gasteiger partial charge in [0, 0.05) is 36.1 Å². The molecule has 0 unspecified atom stereocenters. The molecule has 29 heavy (non-hydrogen) atoms. The van der Waals surface area contributed by atoms with E-state index in [1.807, 2.05) is 18.2 Å². The highest BCUT2D eigenvalue weighted by Crippen LogP contribution is 2.28. The first kappa shape index (κ1) is 21.1. The van der Waals surface area contributed by atoms with E-state index in [2.05, 4.69) is 17.2 Å². The number of nitrogens with one attached hydrogen (secondary N) is 2. The second-order valence-corrected chi connectivity index (χ2v) is 8.48. The summed E-state index contributed by atoms with van der Waals surface area (Å²) in [4.78, 5) is 18.0. The summed E-state index contributed by atoms with van der Waals surface area (Å²) in [6, 6.07) is 10.3. The quantitative estimate of drug-likeness (QED) is 0.289. The normalized spacial score (nSPS) is 10.8. The largest absolute Gasteiger partial charge is 0.508 e. The molecule has 2 aromatic carbocycles. The van der Waals surface area contributed by atoms with Gasteiger partial charge in [0.1, 0.15) is 11.5 Å². The number of aromatic hydroxyl groups is 1. The van der Waals surface area contributed by atoms with E-state index in [-0.39, 0.29) is 11.8 Å². The molecular formula is C21H25N3O3S2. The third kappa shape index (κ3) is 5.48. The predicted molar refractivity (Wildman–Crippen MR) is 122 cm³/mol. The third-order valence-corrected chi connectivity index (χ3v) is 5.77. The van der Waals surface area contributed by atoms with Crippen molar-refractivity contribution in [3.63, 3.8) is 0 Å². The number of methoxy groups -OCH3 is 1. The Kier molecular flexibility index (Phi) is 7.11. The number of amides is 2. The van der Waals surface area contributed by atoms with Gasteiger partial charge >= 0.3 is 6.03 Å². The number of carbonyl (C=O) groups excluding carboxylic acids is 1. The number of nitrogens with zero attached hydrogens (tertiary/aromatic N) is 1. The van der Waals surface area contributed by atoms with Crippen molar-refractivity contribution in [2.45, 2.75) is 32.6 Å². The van der Waals surface area contributed by atoms with Crippen molar-refractivity contribution in [1.29, 1.82) is 0 Å². The van der Waals surface area contributed by atoms with Gasteiger partial charge < -0.3 is 20.1 Å². The van der Waals surface area contributed by atoms with Crippen molar-refractivity contribution in [2.24, 2.45) is 0 Å². The number of aromatic amines is 1. The number of fused-ring (bicyclic) bond motifs is 1. The van der Waals surface area contributed by atoms with Crippen LogP contribution < -0.4 is 15.0 Å². The van der Waals surface area contributed by atoms with Crippen LogP contribution in [0, 0.1) is 3.95 Å². The number of urea groups is 1. The summed E-state index contributed by atoms with van der Waals surface area (Å²) in [7, 11) is 1.51. The minimum absolute atomic E-state index is 0.0302. The third-order valence-electron chi connectivity index (χ3n) is 4.57. The zero-order chi connectivity index (χ0) is 20.8. The van der Waals surface area contributed by atoms with Crippen LogP contribution in [-0.4, -0.2) is 29.8 Å². The minimum atomic E-state index is -0.257. The number of carbonyl (C=O) groups is 1. The van der Waals surface area contributed by atoms with Crippen LogP contribution in [0.3, 0.4) is 0 Å². The number of anilines is 2. The van der Waals surface area contributed by atoms with E-state index in [1.54, 1.807) is 11.0 Å². The van der Waals surface area contributed by atoms with Crippen LogP contribution in [0.4, 0.5) is 16.2 Å². The molecule has 1 heterocycles. The Labute approximate surface area is 179 Å². The molecule has 1 aromatic heterocycles. The summed E-state index contributed by atoms with van der Waals surface area (Å²) in [5.74, 6) is 0.506. The van der Waals surface area contributed by atoms with Crippen LogP contribution in [0.1, 0.15) is 32.6 Å². The molecule has 0 atom stereocenters. The number of unbranched alkanes of at least 4 members (excludes halogenated alkanes) is 3. The Bertz CT molecular complexity index is 1050. The maximum Gasteiger partial charge on any atom is 0.326 e. The summed E-state index contributed by atoms with van der Waals surface area (Å²) in [5.41, 5.74) is 2.25. The zero-order valence-corrected chi connectivity index (χ0v) is 18.2. The van der Waals surface area contributed by atoms with Gasteiger partial charge in [-0.2, -0.15) is 0 Å². The molecule has 3 N–H and O–H groups in total. The lowest BCUT2D eigenvalue weighted by molar-refractivity contribution is 0.256. The first-order valence-corrected chi connectivity index (χ1v) is 10.8. The molecule has 0 aliphatic heterocycles. The average Bonchev–Trinajstić information content (AvgIpc) is 3.06. The zero-order valence-electron chi connectivity index (χ0n) is 16.5. The molecule has 0 bridgehead atoms. The van der Waals surface area contributed by atoms with E-state index in [0.29, 0.717) is 21.9 Å². The van der Waals surface area contributed by atoms with Gasteiger partial charge in [0.2, 0.25) is 0 Å². The number of ether oxygens (including phenoxy) is 1. The number of phenolic OH excluding ortho intramolecular Hbond substituents is 1. The number of phenols is 1. The Hall–Kier alpha value is -2.58. The molecule has 0 fully saturated rings. The molecule has 0 aliphatic carbocycles. The highest BCUT2D eigenvalue weighted by molar-refractivity contribution is 7.73. The molecular weight excluding hydrogens is 406 g/mol. The Morgan fingerprint density at radius 3 is 2.83 bits per heavy atom. The van der Waals surface area contributed by atoms with E-state index in [1.165, 1.54) is 30.6 Å². The molecule has 6 nitrogen and oxygen atoms in total. The molecule has 0 aliphatic rings. The fourth-order valence-corrected chi connectivity index (χ4v) is 4.26. The lowest BCUT2D eigenvalue weighted by atomic mass is 10.2. The summed E-state index contributed by atoms with van der Waals surface area (Å²) < 4.78 is 6.89. The molecule has 154 valence electrons. The second-order valence-electron chi connectivity index (χ2n) is 6.76. The van der Waals surface area contributed by atoms with Crippen LogP contribution >= 0.6 is 23.6 Å². The molecule has 0 saturated heterocycles. The fraction of sp³-hybridized carbons (Fsp3) is 0.333. The van der Waals surface area contributed by atoms with Crippen LogP contribution in [-0.2, 0) is 0 Å². The first-order valence-electron chi connectivity index (χ1n) is 9.59. The van der Waals surface area contributed by atoms with Crippen LogP contribution in [0.15, 0.2) is 36.4 Å². The molecule has 3 rings (SSSR count). The smallest absolute Gasteiger partial charge is 0.326 e. The maximum absolute atomic E-state index is 13.1. The van der Waals surface area contributed by atoms with E-state index in [9.17, 15) is 9.90 Å². The number of aromatic nitrogens is 1. The topological polar surface area (TPSA) is 77.6 Å². The summed E-state index contributed by atoms with van der Waals surface area (Å²) in [6.07, 6.45) is 4.24. The molecule has 0 spiro atoms. The second kappa shape index (κ2) is 9.76. The Morgan fingerprint density at radius 2 is 2.07 bits per heavy atom. The highest BCUT2D eigenvalue weighted by Gasteiger charge is 2.17. The van der Waals surface area contributed by atoms with Gasteiger partial charge in [-0.3, -0.25) is 4.90 Å². The van der Waals surface area contributed by atoms with E-state index in [0.717, 1.165) is 41.6 Å². The summed E-state index contributed by atoms with van der Waals surface area (Å²) in [6.45, 7) is 2.76. The van der Waals surface area contributed by atoms with Gasteiger partial charge in [0.05, 0.1) is 17.3 Å². The lowest BCUT2D eigenvalue weighted by Gasteiger charge is -2.23. The lowest BCUT2D eigenvalue weighted by Crippen LogP contribution is -2.35. The minimum Gasteiger partial charge on any atom is -0.508 e. The van der Waals surface area contributed by atoms with E-state index in [4.69, 9.17) is 17.0 Å². The SMILES string of the molecule is CCCCCCN(C(=O)Nc1cc(O)cc(OC)c1)c1ccc2[nH]c(=S)sc2c1. The van der Waals surface area contributed by atoms with E-state index < -0.39 is 0 Å². The van der Waals surface area contributed by atoms with Crippen LogP contribution in [0.5, 0.6) is 11.5 Å². The number of hydrogen-bond acceptors (Lipinski definition) is 5. The molecule has 3 aromatic rings. The average molecular weight is 432 g/mol. The van der Waals surface area contributed by atoms with Gasteiger partial charge in [-0.05, 0) is 36.8 Å². The van der Waals surface area contributed by atoms with Gasteiger partial charge in [-0.25, -0.2) is 4.79 Å². The number of H-pyrrole nitrogens is 1. The molecule has 0 radical (unpaired) electrons. The molecule has 2 amide bonds. The number of rotatable bonds is 8. The van der Waals surface area contributed by atoms with Crippen LogP contribution in [0.2, 0.25) is 0 Å². The van der Waals surface area contributed by atoms with Crippen molar-refractivity contribution >= 4 is 51.2 Å². The molecule has 0 saturated carbocycles. The predicted octanol–water partition coefficient (Wildman–Crippen LogP) is 6.29. The van der Waals surface area contributed by atoms with Gasteiger partial charge in [0.25, 0.3) is 0 Å². The highest BCUT2D eigenvalue weighted by atomic mass is 32.1. The van der Waals surface area contributed by atoms with Crippen LogP contribution in [0.25, 0.3) is 10.2 Å². The Balaban J connectivity index is 1.85. The van der Waals surface area contributed by atoms with Crippen molar-refractivity contribution in [2.75, 3.05) is 23.9 Å². The van der Waals surface area contributed by atoms with Crippen molar-refractivity contribution in [1.82, 2.24) is 4.98 Å². The molecule has 8 heteroatoms. The number of benzene rings is 2. The van der Waals surface area contributed by atoms with Crippen molar-refractivity contribution in [3.8, 4) is 11.5 Å². The fourth-order valence-electron chi connectivity index (χ4n) is 3.11. The van der Waals surface area contributed by atoms with Gasteiger partial charge in [-0.1, -0.05) is 26.2 Å². The summed E-state index contributed by atoms with van der Waals surface area (Å²) in [5, 5.41) is 12.7. The van der Waals surface area contributed by atoms with Crippen molar-refractivity contribution < 1.29 is 14.6 Å². The summed E-state index contributed by atoms with van der Waals surface area (Å²) >= 11 is 6.72. The number of hydrogen-bond donors (Lipinski definition) is 3. The van der Waals surface area contributed by atoms with Gasteiger partial charge in [-0.15, -0.1) is 11.3 Å². The maximum atomic E-state index is 13.1. The number of thiazole rings is 1. The standard InChI is InChI=1S/C21H25N3O3S2/c1-3-4-5-6-9-24(15-7-8-18-19(12-15)29-21(28)23-18)20(26)22-14-10-16(25)13-17(11-14)27-2/h7-8,10-13,25H,3-6,9H2,1-2H3,(H,22,26)(H,23,28). The van der Waals surface area contributed by atoms with E-state index >= 15 is 0 Å². The Morgan fingerprint density at radius 1 is 1.24 bits per heavy atom. The monoisotopic (exact) mass is 431 g/mol. The van der Waals surface area contributed by atoms with Gasteiger partial charge in [0.15, 0.2) is 3.95 Å². The van der Waals surface area contributed by atoms with Crippen molar-refractivity contribution in [3.05, 3.63) is 40.4 Å². The first-order chi connectivity index (χ1) is 14.0.